The third kappa shape index (κ3) is 8.70. The zero-order valence-electron chi connectivity index (χ0n) is 18.6. The van der Waals surface area contributed by atoms with E-state index in [1.807, 2.05) is 25.1 Å². The van der Waals surface area contributed by atoms with Crippen LogP contribution in [0.3, 0.4) is 0 Å². The Kier molecular flexibility index (Phi) is 11.0. The molecule has 0 radical (unpaired) electrons. The predicted molar refractivity (Wildman–Crippen MR) is 126 cm³/mol. The van der Waals surface area contributed by atoms with E-state index in [0.717, 1.165) is 17.7 Å². The van der Waals surface area contributed by atoms with Crippen molar-refractivity contribution >= 4 is 17.9 Å². The lowest BCUT2D eigenvalue weighted by Crippen LogP contribution is -2.03. The summed E-state index contributed by atoms with van der Waals surface area (Å²) >= 11 is 0. The second kappa shape index (κ2) is 14.1. The highest BCUT2D eigenvalue weighted by atomic mass is 16.5. The van der Waals surface area contributed by atoms with Gasteiger partial charge < -0.3 is 14.6 Å². The molecule has 0 aromatic heterocycles. The number of nitrogens with one attached hydrogen (secondary N) is 1. The van der Waals surface area contributed by atoms with Crippen molar-refractivity contribution in [2.24, 2.45) is 5.10 Å². The van der Waals surface area contributed by atoms with Crippen LogP contribution < -0.4 is 14.9 Å². The number of rotatable bonds is 15. The number of hydrogen-bond acceptors (Lipinski definition) is 5. The molecule has 6 nitrogen and oxygen atoms in total. The highest BCUT2D eigenvalue weighted by Gasteiger charge is 2.08. The van der Waals surface area contributed by atoms with Crippen molar-refractivity contribution < 1.29 is 19.4 Å². The molecule has 0 fully saturated rings. The normalized spacial score (nSPS) is 10.9. The van der Waals surface area contributed by atoms with Gasteiger partial charge in [0.05, 0.1) is 30.7 Å². The summed E-state index contributed by atoms with van der Waals surface area (Å²) in [6, 6.07) is 12.3. The SMILES string of the molecule is CCCCCCCCCOc1ccc(C=NNc2ccccc2C(=O)O)cc1OCC. The summed E-state index contributed by atoms with van der Waals surface area (Å²) in [7, 11) is 0. The lowest BCUT2D eigenvalue weighted by atomic mass is 10.1. The number of carbonyl (C=O) groups is 1. The van der Waals surface area contributed by atoms with Crippen LogP contribution in [0.1, 0.15) is 74.7 Å². The van der Waals surface area contributed by atoms with Gasteiger partial charge in [-0.15, -0.1) is 0 Å². The van der Waals surface area contributed by atoms with Crippen LogP contribution >= 0.6 is 0 Å². The molecular weight excluding hydrogens is 392 g/mol. The number of ether oxygens (including phenoxy) is 2. The summed E-state index contributed by atoms with van der Waals surface area (Å²) in [5.74, 6) is 0.411. The van der Waals surface area contributed by atoms with Crippen molar-refractivity contribution in [2.45, 2.75) is 58.8 Å². The van der Waals surface area contributed by atoms with Crippen molar-refractivity contribution in [3.8, 4) is 11.5 Å². The number of nitrogens with zero attached hydrogens (tertiary/aromatic N) is 1. The molecule has 0 atom stereocenters. The minimum absolute atomic E-state index is 0.170. The van der Waals surface area contributed by atoms with E-state index in [0.29, 0.717) is 24.7 Å². The van der Waals surface area contributed by atoms with Crippen LogP contribution in [-0.4, -0.2) is 30.5 Å². The van der Waals surface area contributed by atoms with Gasteiger partial charge in [-0.2, -0.15) is 5.10 Å². The van der Waals surface area contributed by atoms with Gasteiger partial charge >= 0.3 is 5.97 Å². The van der Waals surface area contributed by atoms with Crippen LogP contribution in [0.5, 0.6) is 11.5 Å². The van der Waals surface area contributed by atoms with E-state index in [-0.39, 0.29) is 5.56 Å². The molecule has 168 valence electrons. The molecular formula is C25H34N2O4. The Labute approximate surface area is 185 Å². The summed E-state index contributed by atoms with van der Waals surface area (Å²) in [4.78, 5) is 11.3. The van der Waals surface area contributed by atoms with Gasteiger partial charge in [0.1, 0.15) is 0 Å². The Morgan fingerprint density at radius 1 is 0.968 bits per heavy atom. The molecule has 0 unspecified atom stereocenters. The highest BCUT2D eigenvalue weighted by molar-refractivity contribution is 5.94. The summed E-state index contributed by atoms with van der Waals surface area (Å²) < 4.78 is 11.7. The molecule has 31 heavy (non-hydrogen) atoms. The van der Waals surface area contributed by atoms with E-state index in [9.17, 15) is 9.90 Å². The van der Waals surface area contributed by atoms with Gasteiger partial charge in [0.25, 0.3) is 0 Å². The van der Waals surface area contributed by atoms with Gasteiger partial charge in [0.2, 0.25) is 0 Å². The molecule has 0 amide bonds. The Morgan fingerprint density at radius 2 is 1.71 bits per heavy atom. The van der Waals surface area contributed by atoms with Crippen molar-refractivity contribution in [3.63, 3.8) is 0 Å². The molecule has 2 rings (SSSR count). The molecule has 2 N–H and O–H groups in total. The first-order chi connectivity index (χ1) is 15.2. The first-order valence-electron chi connectivity index (χ1n) is 11.2. The fraction of sp³-hybridized carbons (Fsp3) is 0.440. The Hall–Kier alpha value is -3.02. The van der Waals surface area contributed by atoms with E-state index in [1.165, 1.54) is 44.6 Å². The van der Waals surface area contributed by atoms with Crippen molar-refractivity contribution in [1.29, 1.82) is 0 Å². The summed E-state index contributed by atoms with van der Waals surface area (Å²) in [5.41, 5.74) is 4.22. The number of anilines is 1. The van der Waals surface area contributed by atoms with E-state index in [1.54, 1.807) is 24.4 Å². The number of unbranched alkanes of at least 4 members (excludes halogenated alkanes) is 6. The Balaban J connectivity index is 1.89. The standard InChI is InChI=1S/C25H34N2O4/c1-3-5-6-7-8-9-12-17-31-23-16-15-20(18-24(23)30-4-2)19-26-27-22-14-11-10-13-21(22)25(28)29/h10-11,13-16,18-19,27H,3-9,12,17H2,1-2H3,(H,28,29). The van der Waals surface area contributed by atoms with Crippen LogP contribution in [0.15, 0.2) is 47.6 Å². The fourth-order valence-corrected chi connectivity index (χ4v) is 3.18. The molecule has 0 saturated heterocycles. The van der Waals surface area contributed by atoms with Crippen LogP contribution in [0, 0.1) is 0 Å². The molecule has 0 spiro atoms. The Bertz CT molecular complexity index is 836. The predicted octanol–water partition coefficient (Wildman–Crippen LogP) is 6.36. The first kappa shape index (κ1) is 24.3. The maximum atomic E-state index is 11.3. The molecule has 0 aliphatic rings. The number of carboxylic acid groups (broad SMARTS) is 1. The average molecular weight is 427 g/mol. The molecule has 6 heteroatoms. The third-order valence-corrected chi connectivity index (χ3v) is 4.83. The van der Waals surface area contributed by atoms with Crippen LogP contribution in [0.25, 0.3) is 0 Å². The lowest BCUT2D eigenvalue weighted by Gasteiger charge is -2.12. The van der Waals surface area contributed by atoms with Gasteiger partial charge in [-0.3, -0.25) is 5.43 Å². The Morgan fingerprint density at radius 3 is 2.45 bits per heavy atom. The summed E-state index contributed by atoms with van der Waals surface area (Å²) in [6.45, 7) is 5.38. The maximum Gasteiger partial charge on any atom is 0.337 e. The van der Waals surface area contributed by atoms with Crippen molar-refractivity contribution in [2.75, 3.05) is 18.6 Å². The molecule has 0 aliphatic carbocycles. The van der Waals surface area contributed by atoms with Gasteiger partial charge in [-0.25, -0.2) is 4.79 Å². The van der Waals surface area contributed by atoms with Gasteiger partial charge in [-0.05, 0) is 49.2 Å². The fourth-order valence-electron chi connectivity index (χ4n) is 3.18. The van der Waals surface area contributed by atoms with Gasteiger partial charge in [0, 0.05) is 0 Å². The number of hydrazone groups is 1. The largest absolute Gasteiger partial charge is 0.490 e. The zero-order valence-corrected chi connectivity index (χ0v) is 18.6. The molecule has 2 aromatic rings. The summed E-state index contributed by atoms with van der Waals surface area (Å²) in [6.07, 6.45) is 10.3. The second-order valence-corrected chi connectivity index (χ2v) is 7.33. The average Bonchev–Trinajstić information content (AvgIpc) is 2.77. The topological polar surface area (TPSA) is 80.2 Å². The smallest absolute Gasteiger partial charge is 0.337 e. The van der Waals surface area contributed by atoms with Crippen molar-refractivity contribution in [1.82, 2.24) is 0 Å². The number of carboxylic acids is 1. The molecule has 0 saturated carbocycles. The first-order valence-corrected chi connectivity index (χ1v) is 11.2. The number of para-hydroxylation sites is 1. The van der Waals surface area contributed by atoms with E-state index >= 15 is 0 Å². The molecule has 2 aromatic carbocycles. The third-order valence-electron chi connectivity index (χ3n) is 4.83. The van der Waals surface area contributed by atoms with Crippen molar-refractivity contribution in [3.05, 3.63) is 53.6 Å². The minimum Gasteiger partial charge on any atom is -0.490 e. The molecule has 0 bridgehead atoms. The second-order valence-electron chi connectivity index (χ2n) is 7.33. The summed E-state index contributed by atoms with van der Waals surface area (Å²) in [5, 5.41) is 13.4. The van der Waals surface area contributed by atoms with Crippen LogP contribution in [0.4, 0.5) is 5.69 Å². The van der Waals surface area contributed by atoms with Crippen LogP contribution in [-0.2, 0) is 0 Å². The number of hydrogen-bond donors (Lipinski definition) is 2. The number of aromatic carboxylic acids is 1. The maximum absolute atomic E-state index is 11.3. The monoisotopic (exact) mass is 426 g/mol. The van der Waals surface area contributed by atoms with Gasteiger partial charge in [-0.1, -0.05) is 57.6 Å². The quantitative estimate of drug-likeness (QED) is 0.197. The zero-order chi connectivity index (χ0) is 22.3. The molecule has 0 aliphatic heterocycles. The number of benzene rings is 2. The lowest BCUT2D eigenvalue weighted by molar-refractivity contribution is 0.0698. The van der Waals surface area contributed by atoms with Gasteiger partial charge in [0.15, 0.2) is 11.5 Å². The van der Waals surface area contributed by atoms with E-state index in [4.69, 9.17) is 9.47 Å². The van der Waals surface area contributed by atoms with E-state index < -0.39 is 5.97 Å². The van der Waals surface area contributed by atoms with Crippen LogP contribution in [0.2, 0.25) is 0 Å². The molecule has 0 heterocycles. The highest BCUT2D eigenvalue weighted by Crippen LogP contribution is 2.28. The van der Waals surface area contributed by atoms with E-state index in [2.05, 4.69) is 17.5 Å². The minimum atomic E-state index is -1.00.